The van der Waals surface area contributed by atoms with Gasteiger partial charge < -0.3 is 39.4 Å². The molecule has 0 spiro atoms. The van der Waals surface area contributed by atoms with Gasteiger partial charge in [0.1, 0.15) is 5.56 Å². The van der Waals surface area contributed by atoms with E-state index in [0.717, 1.165) is 74.4 Å². The molecule has 11 nitrogen and oxygen atoms in total. The van der Waals surface area contributed by atoms with Crippen molar-refractivity contribution in [1.82, 2.24) is 19.8 Å². The van der Waals surface area contributed by atoms with Crippen LogP contribution < -0.4 is 29.6 Å². The van der Waals surface area contributed by atoms with Gasteiger partial charge in [0, 0.05) is 56.4 Å². The van der Waals surface area contributed by atoms with Gasteiger partial charge in [0.25, 0.3) is 5.91 Å². The van der Waals surface area contributed by atoms with Crippen molar-refractivity contribution < 1.29 is 23.7 Å². The molecule has 1 amide bonds. The molecule has 1 saturated heterocycles. The van der Waals surface area contributed by atoms with Crippen LogP contribution in [0.5, 0.6) is 28.9 Å². The molecule has 1 aliphatic heterocycles. The second-order valence-corrected chi connectivity index (χ2v) is 12.8. The molecule has 0 saturated carbocycles. The van der Waals surface area contributed by atoms with Crippen LogP contribution in [0.3, 0.4) is 0 Å². The molecule has 272 valence electrons. The number of carbonyl (C=O) groups excluding carboxylic acids is 1. The van der Waals surface area contributed by atoms with Crippen LogP contribution in [0.4, 0.5) is 17.3 Å². The van der Waals surface area contributed by atoms with Gasteiger partial charge in [-0.3, -0.25) is 4.79 Å². The molecule has 0 bridgehead atoms. The van der Waals surface area contributed by atoms with E-state index in [4.69, 9.17) is 18.9 Å². The number of benzene rings is 3. The normalized spacial score (nSPS) is 13.5. The zero-order valence-electron chi connectivity index (χ0n) is 30.9. The molecule has 1 fully saturated rings. The first-order chi connectivity index (χ1) is 24.8. The first-order valence-corrected chi connectivity index (χ1v) is 17.9. The molecule has 0 unspecified atom stereocenters. The van der Waals surface area contributed by atoms with Crippen molar-refractivity contribution in [3.63, 3.8) is 0 Å². The Bertz CT molecular complexity index is 1740. The van der Waals surface area contributed by atoms with Gasteiger partial charge in [0.05, 0.1) is 20.8 Å². The van der Waals surface area contributed by atoms with Crippen LogP contribution in [-0.4, -0.2) is 85.8 Å². The number of carbonyl (C=O) groups is 1. The summed E-state index contributed by atoms with van der Waals surface area (Å²) in [4.78, 5) is 27.9. The summed E-state index contributed by atoms with van der Waals surface area (Å²) in [5.74, 6) is 2.16. The van der Waals surface area contributed by atoms with Gasteiger partial charge >= 0.3 is 0 Å². The number of methoxy groups -OCH3 is 2. The van der Waals surface area contributed by atoms with Crippen LogP contribution in [0.25, 0.3) is 0 Å². The third-order valence-electron chi connectivity index (χ3n) is 8.99. The SMILES string of the molecule is CCCc1ccc(Oc2nc(Nc3ccc(OCCCN4CCN(CCC)CC4)c(OC)c3)ncc2C(=O)Nc2c(C)cccc2C)c(OC)c1. The summed E-state index contributed by atoms with van der Waals surface area (Å²) in [6.07, 6.45) is 5.51. The maximum absolute atomic E-state index is 13.7. The van der Waals surface area contributed by atoms with Crippen LogP contribution in [0.1, 0.15) is 60.2 Å². The molecule has 4 aromatic rings. The van der Waals surface area contributed by atoms with Crippen molar-refractivity contribution in [2.45, 2.75) is 53.4 Å². The van der Waals surface area contributed by atoms with Gasteiger partial charge in [-0.1, -0.05) is 44.5 Å². The topological polar surface area (TPSA) is 110 Å². The molecule has 5 rings (SSSR count). The van der Waals surface area contributed by atoms with E-state index in [9.17, 15) is 4.79 Å². The maximum atomic E-state index is 13.7. The first-order valence-electron chi connectivity index (χ1n) is 17.9. The van der Waals surface area contributed by atoms with Crippen molar-refractivity contribution in [2.75, 3.05) is 70.7 Å². The molecule has 0 aliphatic carbocycles. The molecule has 11 heteroatoms. The maximum Gasteiger partial charge on any atom is 0.262 e. The Kier molecular flexibility index (Phi) is 13.5. The van der Waals surface area contributed by atoms with Crippen molar-refractivity contribution in [3.8, 4) is 28.9 Å². The van der Waals surface area contributed by atoms with Crippen LogP contribution in [-0.2, 0) is 6.42 Å². The lowest BCUT2D eigenvalue weighted by atomic mass is 10.1. The third-order valence-corrected chi connectivity index (χ3v) is 8.99. The molecule has 1 aromatic heterocycles. The number of anilines is 3. The van der Waals surface area contributed by atoms with Crippen molar-refractivity contribution in [1.29, 1.82) is 0 Å². The predicted octanol–water partition coefficient (Wildman–Crippen LogP) is 7.65. The monoisotopic (exact) mass is 696 g/mol. The van der Waals surface area contributed by atoms with E-state index >= 15 is 0 Å². The fraction of sp³-hybridized carbons (Fsp3) is 0.425. The average molecular weight is 697 g/mol. The number of amides is 1. The standard InChI is InChI=1S/C40H52N6O5/c1-7-11-30-14-16-34(35(25-30)48-5)51-39-32(38(47)43-37-28(3)12-9-13-29(37)4)27-41-40(44-39)42-31-15-17-33(36(26-31)49-6)50-24-10-19-46-22-20-45(18-8-2)21-23-46/h9,12-17,25-27H,7-8,10-11,18-24H2,1-6H3,(H,43,47)(H,41,42,44). The van der Waals surface area contributed by atoms with E-state index in [1.165, 1.54) is 19.2 Å². The van der Waals surface area contributed by atoms with Gasteiger partial charge in [-0.15, -0.1) is 0 Å². The number of aromatic nitrogens is 2. The minimum absolute atomic E-state index is 0.0801. The van der Waals surface area contributed by atoms with Gasteiger partial charge in [-0.05, 0) is 80.6 Å². The number of nitrogens with zero attached hydrogens (tertiary/aromatic N) is 4. The zero-order valence-corrected chi connectivity index (χ0v) is 30.9. The number of hydrogen-bond donors (Lipinski definition) is 2. The van der Waals surface area contributed by atoms with Gasteiger partial charge in [0.2, 0.25) is 11.8 Å². The summed E-state index contributed by atoms with van der Waals surface area (Å²) < 4.78 is 23.8. The van der Waals surface area contributed by atoms with E-state index < -0.39 is 5.91 Å². The Hall–Kier alpha value is -4.87. The quantitative estimate of drug-likeness (QED) is 0.107. The molecule has 2 heterocycles. The summed E-state index contributed by atoms with van der Waals surface area (Å²) >= 11 is 0. The van der Waals surface area contributed by atoms with Crippen LogP contribution in [0, 0.1) is 13.8 Å². The van der Waals surface area contributed by atoms with Crippen molar-refractivity contribution in [3.05, 3.63) is 83.0 Å². The molecule has 51 heavy (non-hydrogen) atoms. The molecule has 0 radical (unpaired) electrons. The van der Waals surface area contributed by atoms with Gasteiger partial charge in [0.15, 0.2) is 23.0 Å². The average Bonchev–Trinajstić information content (AvgIpc) is 3.13. The Morgan fingerprint density at radius 3 is 2.20 bits per heavy atom. The van der Waals surface area contributed by atoms with Crippen LogP contribution in [0.2, 0.25) is 0 Å². The van der Waals surface area contributed by atoms with Crippen molar-refractivity contribution in [2.24, 2.45) is 0 Å². The molecule has 0 atom stereocenters. The lowest BCUT2D eigenvalue weighted by molar-refractivity contribution is 0.102. The molecule has 1 aliphatic rings. The second-order valence-electron chi connectivity index (χ2n) is 12.8. The fourth-order valence-electron chi connectivity index (χ4n) is 6.21. The number of nitrogens with one attached hydrogen (secondary N) is 2. The van der Waals surface area contributed by atoms with Crippen LogP contribution >= 0.6 is 0 Å². The minimum atomic E-state index is -0.391. The highest BCUT2D eigenvalue weighted by molar-refractivity contribution is 6.06. The Balaban J connectivity index is 1.31. The molecule has 2 N–H and O–H groups in total. The lowest BCUT2D eigenvalue weighted by Gasteiger charge is -2.34. The number of piperazine rings is 1. The Morgan fingerprint density at radius 1 is 0.824 bits per heavy atom. The summed E-state index contributed by atoms with van der Waals surface area (Å²) in [6.45, 7) is 15.5. The molecular formula is C40H52N6O5. The predicted molar refractivity (Wildman–Crippen MR) is 203 cm³/mol. The van der Waals surface area contributed by atoms with E-state index in [1.807, 2.05) is 68.4 Å². The number of ether oxygens (including phenoxy) is 4. The lowest BCUT2D eigenvalue weighted by Crippen LogP contribution is -2.46. The summed E-state index contributed by atoms with van der Waals surface area (Å²) in [7, 11) is 3.21. The smallest absolute Gasteiger partial charge is 0.262 e. The van der Waals surface area contributed by atoms with E-state index in [0.29, 0.717) is 35.3 Å². The Labute approximate surface area is 302 Å². The minimum Gasteiger partial charge on any atom is -0.493 e. The second kappa shape index (κ2) is 18.4. The third kappa shape index (κ3) is 10.1. The Morgan fingerprint density at radius 2 is 1.51 bits per heavy atom. The number of hydrogen-bond acceptors (Lipinski definition) is 10. The number of aryl methyl sites for hydroxylation is 3. The molecule has 3 aromatic carbocycles. The van der Waals surface area contributed by atoms with E-state index in [-0.39, 0.29) is 17.4 Å². The van der Waals surface area contributed by atoms with Crippen LogP contribution in [0.15, 0.2) is 60.8 Å². The highest BCUT2D eigenvalue weighted by Gasteiger charge is 2.21. The highest BCUT2D eigenvalue weighted by Crippen LogP contribution is 2.35. The first kappa shape index (κ1) is 37.4. The molecular weight excluding hydrogens is 644 g/mol. The van der Waals surface area contributed by atoms with Gasteiger partial charge in [-0.25, -0.2) is 4.98 Å². The largest absolute Gasteiger partial charge is 0.493 e. The fourth-order valence-corrected chi connectivity index (χ4v) is 6.21. The highest BCUT2D eigenvalue weighted by atomic mass is 16.5. The summed E-state index contributed by atoms with van der Waals surface area (Å²) in [5.41, 5.74) is 4.61. The zero-order chi connectivity index (χ0) is 36.2. The number of rotatable bonds is 17. The summed E-state index contributed by atoms with van der Waals surface area (Å²) in [6, 6.07) is 17.2. The number of para-hydroxylation sites is 1. The van der Waals surface area contributed by atoms with E-state index in [1.54, 1.807) is 14.2 Å². The van der Waals surface area contributed by atoms with Gasteiger partial charge in [-0.2, -0.15) is 4.98 Å². The summed E-state index contributed by atoms with van der Waals surface area (Å²) in [5, 5.41) is 6.26. The van der Waals surface area contributed by atoms with Crippen molar-refractivity contribution >= 4 is 23.2 Å². The van der Waals surface area contributed by atoms with E-state index in [2.05, 4.69) is 44.2 Å².